The van der Waals surface area contributed by atoms with Gasteiger partial charge >= 0.3 is 9.05 Å². The molecule has 4 N–H and O–H groups in total. The maximum absolute atomic E-state index is 8.18. The lowest BCUT2D eigenvalue weighted by molar-refractivity contribution is 0.0188. The average Bonchev–Trinajstić information content (AvgIpc) is 1.63. The van der Waals surface area contributed by atoms with E-state index in [0.29, 0.717) is 0 Å². The molecule has 54 valence electrons. The Labute approximate surface area is 53.7 Å². The maximum Gasteiger partial charge on any atom is 0.688 e. The van der Waals surface area contributed by atoms with E-state index in [0.717, 1.165) is 0 Å². The highest BCUT2D eigenvalue weighted by molar-refractivity contribution is 6.48. The second-order valence-corrected chi connectivity index (χ2v) is 2.66. The summed E-state index contributed by atoms with van der Waals surface area (Å²) in [4.78, 5) is 24.5. The number of nitrogens with one attached hydrogen (secondary N) is 1. The molecule has 0 aromatic carbocycles. The Morgan fingerprint density at radius 2 is 2.11 bits per heavy atom. The standard InChI is InChI=1S/C3H9NO4Si/c1-2-3-4-8-9(5,6)7/h2,4-7H,1,3H2. The van der Waals surface area contributed by atoms with Gasteiger partial charge in [-0.25, -0.2) is 5.48 Å². The van der Waals surface area contributed by atoms with E-state index >= 15 is 0 Å². The molecule has 0 saturated carbocycles. The van der Waals surface area contributed by atoms with Crippen molar-refractivity contribution in [2.24, 2.45) is 0 Å². The second kappa shape index (κ2) is 3.72. The van der Waals surface area contributed by atoms with Crippen molar-refractivity contribution >= 4 is 9.05 Å². The van der Waals surface area contributed by atoms with Crippen LogP contribution in [0.4, 0.5) is 0 Å². The van der Waals surface area contributed by atoms with E-state index in [1.807, 2.05) is 0 Å². The van der Waals surface area contributed by atoms with Gasteiger partial charge in [0.25, 0.3) is 0 Å². The van der Waals surface area contributed by atoms with E-state index in [9.17, 15) is 0 Å². The largest absolute Gasteiger partial charge is 0.688 e. The zero-order valence-electron chi connectivity index (χ0n) is 4.74. The zero-order chi connectivity index (χ0) is 7.33. The van der Waals surface area contributed by atoms with Gasteiger partial charge in [-0.05, 0) is 0 Å². The van der Waals surface area contributed by atoms with Gasteiger partial charge in [-0.2, -0.15) is 0 Å². The van der Waals surface area contributed by atoms with Crippen LogP contribution >= 0.6 is 0 Å². The molecule has 0 radical (unpaired) electrons. The maximum atomic E-state index is 8.18. The predicted octanol–water partition coefficient (Wildman–Crippen LogP) is -1.89. The Balaban J connectivity index is 3.17. The molecule has 0 unspecified atom stereocenters. The Bertz CT molecular complexity index is 90.3. The molecule has 5 nitrogen and oxygen atoms in total. The lowest BCUT2D eigenvalue weighted by atomic mass is 10.7. The predicted molar refractivity (Wildman–Crippen MR) is 31.7 cm³/mol. The molecule has 0 aliphatic heterocycles. The summed E-state index contributed by atoms with van der Waals surface area (Å²) >= 11 is 0. The number of hydrogen-bond acceptors (Lipinski definition) is 5. The first-order valence-electron chi connectivity index (χ1n) is 2.25. The molecule has 0 atom stereocenters. The lowest BCUT2D eigenvalue weighted by Gasteiger charge is -2.07. The summed E-state index contributed by atoms with van der Waals surface area (Å²) in [6, 6.07) is 0. The van der Waals surface area contributed by atoms with Gasteiger partial charge in [0.2, 0.25) is 0 Å². The monoisotopic (exact) mass is 151 g/mol. The SMILES string of the molecule is C=CCNO[Si](O)(O)O. The average molecular weight is 151 g/mol. The van der Waals surface area contributed by atoms with Crippen LogP contribution in [0, 0.1) is 0 Å². The Hall–Kier alpha value is -0.243. The number of hydroxylamine groups is 1. The molecule has 0 fully saturated rings. The summed E-state index contributed by atoms with van der Waals surface area (Å²) in [5.74, 6) is 0. The summed E-state index contributed by atoms with van der Waals surface area (Å²) in [7, 11) is -4.35. The fourth-order valence-electron chi connectivity index (χ4n) is 0.197. The van der Waals surface area contributed by atoms with Gasteiger partial charge in [0, 0.05) is 6.54 Å². The summed E-state index contributed by atoms with van der Waals surface area (Å²) in [6.07, 6.45) is 1.44. The highest BCUT2D eigenvalue weighted by Gasteiger charge is 2.30. The van der Waals surface area contributed by atoms with Crippen molar-refractivity contribution in [2.75, 3.05) is 6.54 Å². The minimum absolute atomic E-state index is 0.246. The topological polar surface area (TPSA) is 82.0 Å². The highest BCUT2D eigenvalue weighted by Crippen LogP contribution is 1.82. The van der Waals surface area contributed by atoms with E-state index in [-0.39, 0.29) is 6.54 Å². The molecule has 0 amide bonds. The first kappa shape index (κ1) is 8.76. The van der Waals surface area contributed by atoms with Gasteiger partial charge < -0.3 is 14.4 Å². The van der Waals surface area contributed by atoms with E-state index in [1.54, 1.807) is 0 Å². The van der Waals surface area contributed by atoms with E-state index < -0.39 is 9.05 Å². The van der Waals surface area contributed by atoms with Gasteiger partial charge in [-0.15, -0.1) is 6.58 Å². The fraction of sp³-hybridized carbons (Fsp3) is 0.333. The first-order valence-corrected chi connectivity index (χ1v) is 4.00. The minimum atomic E-state index is -4.35. The Kier molecular flexibility index (Phi) is 3.62. The molecule has 0 spiro atoms. The van der Waals surface area contributed by atoms with E-state index in [4.69, 9.17) is 14.4 Å². The molecule has 0 aliphatic carbocycles. The Morgan fingerprint density at radius 3 is 2.44 bits per heavy atom. The van der Waals surface area contributed by atoms with Gasteiger partial charge in [0.15, 0.2) is 0 Å². The van der Waals surface area contributed by atoms with E-state index in [2.05, 4.69) is 16.6 Å². The van der Waals surface area contributed by atoms with Crippen molar-refractivity contribution in [1.82, 2.24) is 5.48 Å². The van der Waals surface area contributed by atoms with Crippen LogP contribution < -0.4 is 5.48 Å². The third-order valence-corrected chi connectivity index (χ3v) is 0.855. The smallest absolute Gasteiger partial charge is 0.367 e. The summed E-state index contributed by atoms with van der Waals surface area (Å²) in [5.41, 5.74) is 2.07. The van der Waals surface area contributed by atoms with Gasteiger partial charge in [-0.1, -0.05) is 6.08 Å². The van der Waals surface area contributed by atoms with Crippen molar-refractivity contribution < 1.29 is 18.9 Å². The molecule has 0 heterocycles. The number of hydrogen-bond donors (Lipinski definition) is 4. The van der Waals surface area contributed by atoms with Crippen LogP contribution in [-0.4, -0.2) is 30.0 Å². The molecule has 9 heavy (non-hydrogen) atoms. The molecule has 0 bridgehead atoms. The van der Waals surface area contributed by atoms with Gasteiger partial charge in [-0.3, -0.25) is 4.53 Å². The second-order valence-electron chi connectivity index (χ2n) is 1.31. The molecule has 0 aromatic heterocycles. The van der Waals surface area contributed by atoms with Crippen LogP contribution in [0.25, 0.3) is 0 Å². The molecule has 0 aromatic rings. The van der Waals surface area contributed by atoms with Crippen molar-refractivity contribution in [3.05, 3.63) is 12.7 Å². The van der Waals surface area contributed by atoms with Crippen LogP contribution in [0.15, 0.2) is 12.7 Å². The quantitative estimate of drug-likeness (QED) is 0.163. The van der Waals surface area contributed by atoms with Crippen molar-refractivity contribution in [2.45, 2.75) is 0 Å². The molecule has 0 rings (SSSR count). The third-order valence-electron chi connectivity index (χ3n) is 0.437. The number of rotatable bonds is 4. The lowest BCUT2D eigenvalue weighted by Crippen LogP contribution is -2.44. The van der Waals surface area contributed by atoms with Crippen molar-refractivity contribution in [1.29, 1.82) is 0 Å². The van der Waals surface area contributed by atoms with Crippen LogP contribution in [-0.2, 0) is 4.53 Å². The third kappa shape index (κ3) is 7.76. The summed E-state index contributed by atoms with van der Waals surface area (Å²) in [6.45, 7) is 3.55. The minimum Gasteiger partial charge on any atom is -0.367 e. The van der Waals surface area contributed by atoms with Crippen LogP contribution in [0.3, 0.4) is 0 Å². The highest BCUT2D eigenvalue weighted by atomic mass is 28.4. The molecule has 0 saturated heterocycles. The first-order chi connectivity index (χ1) is 4.06. The van der Waals surface area contributed by atoms with Gasteiger partial charge in [0.1, 0.15) is 0 Å². The van der Waals surface area contributed by atoms with Crippen LogP contribution in [0.1, 0.15) is 0 Å². The Morgan fingerprint density at radius 1 is 1.56 bits per heavy atom. The molecular weight excluding hydrogens is 142 g/mol. The van der Waals surface area contributed by atoms with Crippen LogP contribution in [0.5, 0.6) is 0 Å². The van der Waals surface area contributed by atoms with Crippen molar-refractivity contribution in [3.8, 4) is 0 Å². The fourth-order valence-corrected chi connectivity index (χ4v) is 0.474. The normalized spacial score (nSPS) is 11.4. The summed E-state index contributed by atoms with van der Waals surface area (Å²) < 4.78 is 3.95. The van der Waals surface area contributed by atoms with Crippen molar-refractivity contribution in [3.63, 3.8) is 0 Å². The molecule has 6 heteroatoms. The van der Waals surface area contributed by atoms with Crippen LogP contribution in [0.2, 0.25) is 0 Å². The van der Waals surface area contributed by atoms with Gasteiger partial charge in [0.05, 0.1) is 0 Å². The molecular formula is C3H9NO4Si. The summed E-state index contributed by atoms with van der Waals surface area (Å²) in [5, 5.41) is 0. The molecule has 0 aliphatic rings. The van der Waals surface area contributed by atoms with E-state index in [1.165, 1.54) is 6.08 Å². The zero-order valence-corrected chi connectivity index (χ0v) is 5.74.